The van der Waals surface area contributed by atoms with Crippen molar-refractivity contribution < 1.29 is 19.1 Å². The van der Waals surface area contributed by atoms with Crippen molar-refractivity contribution in [1.29, 1.82) is 0 Å². The van der Waals surface area contributed by atoms with E-state index in [0.29, 0.717) is 43.9 Å². The fourth-order valence-electron chi connectivity index (χ4n) is 3.86. The smallest absolute Gasteiger partial charge is 0.321 e. The Labute approximate surface area is 162 Å². The molecule has 2 aliphatic rings. The number of primary amides is 1. The number of methoxy groups -OCH3 is 1. The summed E-state index contributed by atoms with van der Waals surface area (Å²) in [6.45, 7) is 1.33. The number of fused-ring (bicyclic) bond motifs is 2. The molecule has 9 heteroatoms. The van der Waals surface area contributed by atoms with Crippen molar-refractivity contribution >= 4 is 17.6 Å². The fourth-order valence-corrected chi connectivity index (χ4v) is 3.86. The molecule has 0 aliphatic carbocycles. The number of nitrogens with zero attached hydrogens (tertiary/aromatic N) is 3. The van der Waals surface area contributed by atoms with Gasteiger partial charge in [-0.1, -0.05) is 6.07 Å². The highest BCUT2D eigenvalue weighted by Gasteiger charge is 2.47. The molecule has 1 fully saturated rings. The number of anilines is 1. The van der Waals surface area contributed by atoms with Crippen molar-refractivity contribution in [2.24, 2.45) is 5.73 Å². The van der Waals surface area contributed by atoms with Gasteiger partial charge in [0.2, 0.25) is 5.91 Å². The zero-order chi connectivity index (χ0) is 19.7. The van der Waals surface area contributed by atoms with E-state index in [2.05, 4.69) is 10.3 Å². The summed E-state index contributed by atoms with van der Waals surface area (Å²) in [5.74, 6) is 0.977. The van der Waals surface area contributed by atoms with Gasteiger partial charge < -0.3 is 30.0 Å². The predicted octanol–water partition coefficient (Wildman–Crippen LogP) is 1.30. The van der Waals surface area contributed by atoms with Crippen LogP contribution < -0.4 is 15.8 Å². The minimum absolute atomic E-state index is 0.186. The lowest BCUT2D eigenvalue weighted by Gasteiger charge is -2.45. The highest BCUT2D eigenvalue weighted by atomic mass is 16.5. The molecular formula is C19H23N5O4. The number of aromatic nitrogens is 2. The molecular weight excluding hydrogens is 362 g/mol. The Morgan fingerprint density at radius 1 is 1.36 bits per heavy atom. The second-order valence-corrected chi connectivity index (χ2v) is 7.06. The third kappa shape index (κ3) is 3.29. The summed E-state index contributed by atoms with van der Waals surface area (Å²) in [6.07, 6.45) is 3.92. The number of imidazole rings is 1. The zero-order valence-corrected chi connectivity index (χ0v) is 15.6. The van der Waals surface area contributed by atoms with Crippen LogP contribution in [0.2, 0.25) is 0 Å². The van der Waals surface area contributed by atoms with Crippen molar-refractivity contribution in [3.63, 3.8) is 0 Å². The van der Waals surface area contributed by atoms with Crippen LogP contribution in [-0.4, -0.2) is 52.7 Å². The van der Waals surface area contributed by atoms with Crippen molar-refractivity contribution in [3.05, 3.63) is 42.5 Å². The minimum atomic E-state index is -0.700. The van der Waals surface area contributed by atoms with E-state index in [4.69, 9.17) is 15.2 Å². The molecule has 1 saturated heterocycles. The Morgan fingerprint density at radius 2 is 2.14 bits per heavy atom. The maximum absolute atomic E-state index is 12.6. The zero-order valence-electron chi connectivity index (χ0n) is 15.6. The van der Waals surface area contributed by atoms with Crippen molar-refractivity contribution in [2.75, 3.05) is 25.5 Å². The molecule has 0 radical (unpaired) electrons. The Hall–Kier alpha value is -3.07. The van der Waals surface area contributed by atoms with E-state index in [9.17, 15) is 9.59 Å². The van der Waals surface area contributed by atoms with Crippen LogP contribution in [0.15, 0.2) is 36.7 Å². The number of ether oxygens (including phenoxy) is 2. The summed E-state index contributed by atoms with van der Waals surface area (Å²) >= 11 is 0. The molecule has 0 unspecified atom stereocenters. The van der Waals surface area contributed by atoms with E-state index in [1.807, 2.05) is 29.0 Å². The van der Waals surface area contributed by atoms with E-state index in [1.165, 1.54) is 0 Å². The molecule has 3 N–H and O–H groups in total. The van der Waals surface area contributed by atoms with Crippen molar-refractivity contribution in [1.82, 2.24) is 14.5 Å². The van der Waals surface area contributed by atoms with Crippen LogP contribution in [0, 0.1) is 0 Å². The van der Waals surface area contributed by atoms with Crippen LogP contribution in [0.25, 0.3) is 0 Å². The first kappa shape index (κ1) is 18.3. The quantitative estimate of drug-likeness (QED) is 0.827. The first-order valence-electron chi connectivity index (χ1n) is 9.19. The average molecular weight is 385 g/mol. The molecule has 3 amide bonds. The van der Waals surface area contributed by atoms with Gasteiger partial charge in [0.05, 0.1) is 13.7 Å². The Kier molecular flexibility index (Phi) is 4.68. The van der Waals surface area contributed by atoms with Gasteiger partial charge in [-0.15, -0.1) is 0 Å². The van der Waals surface area contributed by atoms with Gasteiger partial charge in [-0.3, -0.25) is 4.79 Å². The molecule has 28 heavy (non-hydrogen) atoms. The molecule has 2 aliphatic heterocycles. The molecule has 1 aromatic carbocycles. The molecule has 9 nitrogen and oxygen atoms in total. The minimum Gasteiger partial charge on any atom is -0.497 e. The SMILES string of the molecule is COc1cccc(NC(=O)N2CCC3(CC2)O[C@H](C(N)=O)Cn2ccnc23)c1. The van der Waals surface area contributed by atoms with Gasteiger partial charge in [0.25, 0.3) is 0 Å². The van der Waals surface area contributed by atoms with E-state index in [0.717, 1.165) is 5.82 Å². The Balaban J connectivity index is 1.45. The summed E-state index contributed by atoms with van der Waals surface area (Å²) in [7, 11) is 1.58. The number of carbonyl (C=O) groups excluding carboxylic acids is 2. The second-order valence-electron chi connectivity index (χ2n) is 7.06. The van der Waals surface area contributed by atoms with Crippen LogP contribution in [0.5, 0.6) is 5.75 Å². The van der Waals surface area contributed by atoms with Crippen LogP contribution in [0.4, 0.5) is 10.5 Å². The number of hydrogen-bond donors (Lipinski definition) is 2. The number of benzene rings is 1. The highest BCUT2D eigenvalue weighted by molar-refractivity contribution is 5.89. The molecule has 1 aromatic heterocycles. The molecule has 2 aromatic rings. The first-order valence-corrected chi connectivity index (χ1v) is 9.19. The standard InChI is InChI=1S/C19H23N5O4/c1-27-14-4-2-3-13(11-14)22-18(26)23-8-5-19(6-9-23)17-21-7-10-24(17)12-15(28-19)16(20)25/h2-4,7,10-11,15H,5-6,8-9,12H2,1H3,(H2,20,25)(H,22,26)/t15-/m0/s1. The van der Waals surface area contributed by atoms with E-state index in [1.54, 1.807) is 24.3 Å². The number of urea groups is 1. The number of amides is 3. The number of rotatable bonds is 3. The number of nitrogens with two attached hydrogens (primary N) is 1. The molecule has 1 spiro atoms. The largest absolute Gasteiger partial charge is 0.497 e. The third-order valence-corrected chi connectivity index (χ3v) is 5.35. The van der Waals surface area contributed by atoms with Gasteiger partial charge in [-0.2, -0.15) is 0 Å². The summed E-state index contributed by atoms with van der Waals surface area (Å²) < 4.78 is 13.2. The molecule has 3 heterocycles. The number of piperidine rings is 1. The van der Waals surface area contributed by atoms with Crippen LogP contribution in [-0.2, 0) is 21.7 Å². The van der Waals surface area contributed by atoms with E-state index in [-0.39, 0.29) is 6.03 Å². The monoisotopic (exact) mass is 385 g/mol. The van der Waals surface area contributed by atoms with Gasteiger partial charge >= 0.3 is 6.03 Å². The van der Waals surface area contributed by atoms with E-state index < -0.39 is 17.6 Å². The van der Waals surface area contributed by atoms with Gasteiger partial charge in [-0.25, -0.2) is 9.78 Å². The van der Waals surface area contributed by atoms with Crippen LogP contribution in [0.3, 0.4) is 0 Å². The van der Waals surface area contributed by atoms with Gasteiger partial charge in [0.15, 0.2) is 6.10 Å². The second kappa shape index (κ2) is 7.16. The molecule has 0 bridgehead atoms. The van der Waals surface area contributed by atoms with E-state index >= 15 is 0 Å². The number of nitrogens with one attached hydrogen (secondary N) is 1. The lowest BCUT2D eigenvalue weighted by molar-refractivity contribution is -0.169. The molecule has 4 rings (SSSR count). The lowest BCUT2D eigenvalue weighted by atomic mass is 9.88. The third-order valence-electron chi connectivity index (χ3n) is 5.35. The molecule has 1 atom stereocenters. The summed E-state index contributed by atoms with van der Waals surface area (Å²) in [4.78, 5) is 30.5. The fraction of sp³-hybridized carbons (Fsp3) is 0.421. The maximum atomic E-state index is 12.6. The molecule has 148 valence electrons. The van der Waals surface area contributed by atoms with Crippen molar-refractivity contribution in [3.8, 4) is 5.75 Å². The van der Waals surface area contributed by atoms with Crippen molar-refractivity contribution in [2.45, 2.75) is 31.1 Å². The number of likely N-dealkylation sites (tertiary alicyclic amines) is 1. The Bertz CT molecular complexity index is 888. The average Bonchev–Trinajstić information content (AvgIpc) is 3.18. The Morgan fingerprint density at radius 3 is 2.86 bits per heavy atom. The van der Waals surface area contributed by atoms with Crippen LogP contribution >= 0.6 is 0 Å². The number of carbonyl (C=O) groups is 2. The first-order chi connectivity index (χ1) is 13.5. The maximum Gasteiger partial charge on any atom is 0.321 e. The van der Waals surface area contributed by atoms with Crippen LogP contribution in [0.1, 0.15) is 18.7 Å². The number of hydrogen-bond acceptors (Lipinski definition) is 5. The van der Waals surface area contributed by atoms with Gasteiger partial charge in [0.1, 0.15) is 17.2 Å². The summed E-state index contributed by atoms with van der Waals surface area (Å²) in [5, 5.41) is 2.89. The lowest BCUT2D eigenvalue weighted by Crippen LogP contribution is -2.54. The summed E-state index contributed by atoms with van der Waals surface area (Å²) in [6, 6.07) is 7.03. The predicted molar refractivity (Wildman–Crippen MR) is 101 cm³/mol. The molecule has 0 saturated carbocycles. The normalized spacial score (nSPS) is 20.5. The van der Waals surface area contributed by atoms with Gasteiger partial charge in [-0.05, 0) is 12.1 Å². The summed E-state index contributed by atoms with van der Waals surface area (Å²) in [5.41, 5.74) is 5.45. The topological polar surface area (TPSA) is 112 Å². The highest BCUT2D eigenvalue weighted by Crippen LogP contribution is 2.40. The van der Waals surface area contributed by atoms with Gasteiger partial charge in [0, 0.05) is 50.1 Å².